The molecule has 15 heavy (non-hydrogen) atoms. The van der Waals surface area contributed by atoms with Gasteiger partial charge < -0.3 is 5.73 Å². The van der Waals surface area contributed by atoms with Crippen molar-refractivity contribution >= 4 is 5.78 Å². The first kappa shape index (κ1) is 13.7. The summed E-state index contributed by atoms with van der Waals surface area (Å²) in [5.41, 5.74) is 7.60. The van der Waals surface area contributed by atoms with Crippen LogP contribution in [0.15, 0.2) is 36.1 Å². The van der Waals surface area contributed by atoms with Gasteiger partial charge in [-0.1, -0.05) is 25.7 Å². The quantitative estimate of drug-likeness (QED) is 0.652. The Hall–Kier alpha value is -1.31. The highest BCUT2D eigenvalue weighted by molar-refractivity contribution is 5.77. The molecule has 0 aromatic heterocycles. The number of hydrogen-bond acceptors (Lipinski definition) is 2. The molecule has 0 heterocycles. The highest BCUT2D eigenvalue weighted by Gasteiger charge is 2.01. The number of carbonyl (C=O) groups excluding carboxylic acids is 1. The van der Waals surface area contributed by atoms with Crippen molar-refractivity contribution in [1.29, 1.82) is 0 Å². The molecule has 0 rings (SSSR count). The molecule has 2 nitrogen and oxygen atoms in total. The van der Waals surface area contributed by atoms with E-state index < -0.39 is 0 Å². The maximum Gasteiger partial charge on any atom is 0.132 e. The molecule has 0 unspecified atom stereocenters. The van der Waals surface area contributed by atoms with E-state index in [-0.39, 0.29) is 0 Å². The number of ketones is 1. The predicted molar refractivity (Wildman–Crippen MR) is 65.4 cm³/mol. The summed E-state index contributed by atoms with van der Waals surface area (Å²) in [4.78, 5) is 11.1. The van der Waals surface area contributed by atoms with E-state index >= 15 is 0 Å². The Labute approximate surface area is 92.6 Å². The van der Waals surface area contributed by atoms with Crippen molar-refractivity contribution in [2.45, 2.75) is 39.5 Å². The summed E-state index contributed by atoms with van der Waals surface area (Å²) in [5, 5.41) is 0. The second-order valence-electron chi connectivity index (χ2n) is 3.43. The van der Waals surface area contributed by atoms with Crippen molar-refractivity contribution < 1.29 is 4.79 Å². The summed E-state index contributed by atoms with van der Waals surface area (Å²) in [6.45, 7) is 7.54. The zero-order chi connectivity index (χ0) is 11.7. The lowest BCUT2D eigenvalue weighted by atomic mass is 10.0. The van der Waals surface area contributed by atoms with Crippen molar-refractivity contribution in [1.82, 2.24) is 0 Å². The molecule has 0 aromatic carbocycles. The van der Waals surface area contributed by atoms with Gasteiger partial charge in [-0.3, -0.25) is 4.79 Å². The normalized spacial score (nSPS) is 12.7. The molecule has 0 aromatic rings. The average Bonchev–Trinajstić information content (AvgIpc) is 2.24. The molecule has 0 aliphatic carbocycles. The van der Waals surface area contributed by atoms with Crippen LogP contribution in [0.25, 0.3) is 0 Å². The Morgan fingerprint density at radius 1 is 1.40 bits per heavy atom. The Balaban J connectivity index is 4.17. The zero-order valence-electron chi connectivity index (χ0n) is 9.75. The lowest BCUT2D eigenvalue weighted by Crippen LogP contribution is -2.00. The zero-order valence-corrected chi connectivity index (χ0v) is 9.75. The number of allylic oxidation sites excluding steroid dienone is 4. The lowest BCUT2D eigenvalue weighted by molar-refractivity contribution is -0.118. The first-order valence-corrected chi connectivity index (χ1v) is 5.41. The Bertz CT molecular complexity index is 274. The van der Waals surface area contributed by atoms with Crippen LogP contribution in [0, 0.1) is 0 Å². The number of carbonyl (C=O) groups is 1. The molecule has 0 radical (unpaired) electrons. The third-order valence-corrected chi connectivity index (χ3v) is 2.26. The van der Waals surface area contributed by atoms with Crippen molar-refractivity contribution in [3.63, 3.8) is 0 Å². The van der Waals surface area contributed by atoms with Crippen molar-refractivity contribution in [3.05, 3.63) is 36.1 Å². The third-order valence-electron chi connectivity index (χ3n) is 2.26. The maximum atomic E-state index is 11.1. The highest BCUT2D eigenvalue weighted by Crippen LogP contribution is 2.12. The summed E-state index contributed by atoms with van der Waals surface area (Å²) in [7, 11) is 0. The van der Waals surface area contributed by atoms with Gasteiger partial charge in [0.15, 0.2) is 0 Å². The fourth-order valence-electron chi connectivity index (χ4n) is 1.30. The van der Waals surface area contributed by atoms with Crippen LogP contribution in [-0.4, -0.2) is 5.78 Å². The van der Waals surface area contributed by atoms with Gasteiger partial charge in [-0.05, 0) is 31.4 Å². The van der Waals surface area contributed by atoms with E-state index in [1.807, 2.05) is 26.0 Å². The first-order valence-electron chi connectivity index (χ1n) is 5.41. The summed E-state index contributed by atoms with van der Waals surface area (Å²) >= 11 is 0. The molecule has 0 amide bonds. The molecule has 2 heteroatoms. The summed E-state index contributed by atoms with van der Waals surface area (Å²) < 4.78 is 0. The second kappa shape index (κ2) is 8.04. The van der Waals surface area contributed by atoms with Crippen LogP contribution < -0.4 is 5.73 Å². The molecule has 0 saturated carbocycles. The van der Waals surface area contributed by atoms with E-state index in [0.717, 1.165) is 24.1 Å². The van der Waals surface area contributed by atoms with E-state index in [9.17, 15) is 4.79 Å². The maximum absolute atomic E-state index is 11.1. The van der Waals surface area contributed by atoms with Gasteiger partial charge in [-0.25, -0.2) is 0 Å². The van der Waals surface area contributed by atoms with Gasteiger partial charge in [0.05, 0.1) is 0 Å². The fraction of sp³-hybridized carbons (Fsp3) is 0.462. The molecule has 0 aliphatic rings. The van der Waals surface area contributed by atoms with Crippen molar-refractivity contribution in [2.24, 2.45) is 5.73 Å². The minimum atomic E-state index is 0.308. The smallest absolute Gasteiger partial charge is 0.132 e. The topological polar surface area (TPSA) is 43.1 Å². The lowest BCUT2D eigenvalue weighted by Gasteiger charge is -2.04. The van der Waals surface area contributed by atoms with Crippen LogP contribution in [0.5, 0.6) is 0 Å². The molecule has 0 bridgehead atoms. The van der Waals surface area contributed by atoms with Gasteiger partial charge in [-0.15, -0.1) is 0 Å². The molecule has 0 saturated heterocycles. The summed E-state index contributed by atoms with van der Waals surface area (Å²) in [6.07, 6.45) is 8.46. The Morgan fingerprint density at radius 3 is 2.53 bits per heavy atom. The van der Waals surface area contributed by atoms with Crippen LogP contribution in [0.2, 0.25) is 0 Å². The second-order valence-corrected chi connectivity index (χ2v) is 3.43. The number of hydrogen-bond donors (Lipinski definition) is 1. The average molecular weight is 207 g/mol. The van der Waals surface area contributed by atoms with Crippen LogP contribution in [0.4, 0.5) is 0 Å². The minimum Gasteiger partial charge on any atom is -0.399 e. The van der Waals surface area contributed by atoms with Gasteiger partial charge in [0.2, 0.25) is 0 Å². The van der Waals surface area contributed by atoms with Gasteiger partial charge in [0, 0.05) is 18.5 Å². The van der Waals surface area contributed by atoms with Crippen LogP contribution >= 0.6 is 0 Å². The van der Waals surface area contributed by atoms with E-state index in [0.29, 0.717) is 18.6 Å². The number of rotatable bonds is 7. The number of Topliss-reactive ketones (excluding diaryl/α,β-unsaturated/α-hetero) is 1. The number of nitrogens with two attached hydrogens (primary N) is 1. The van der Waals surface area contributed by atoms with Crippen LogP contribution in [-0.2, 0) is 4.79 Å². The Kier molecular flexibility index (Phi) is 7.33. The molecule has 0 atom stereocenters. The van der Waals surface area contributed by atoms with E-state index in [4.69, 9.17) is 5.73 Å². The molecule has 0 aliphatic heterocycles. The third kappa shape index (κ3) is 5.89. The summed E-state index contributed by atoms with van der Waals surface area (Å²) in [5.74, 6) is 0.308. The van der Waals surface area contributed by atoms with Crippen molar-refractivity contribution in [3.8, 4) is 0 Å². The summed E-state index contributed by atoms with van der Waals surface area (Å²) in [6, 6.07) is 0. The van der Waals surface area contributed by atoms with E-state index in [1.165, 1.54) is 0 Å². The molecule has 84 valence electrons. The molecular weight excluding hydrogens is 186 g/mol. The minimum absolute atomic E-state index is 0.308. The van der Waals surface area contributed by atoms with E-state index in [1.54, 1.807) is 6.08 Å². The largest absolute Gasteiger partial charge is 0.399 e. The van der Waals surface area contributed by atoms with Gasteiger partial charge in [0.25, 0.3) is 0 Å². The molecular formula is C13H21NO. The first-order chi connectivity index (χ1) is 7.15. The standard InChI is InChI=1S/C13H21NO/c1-4-8-13(14)11(5-2)9-7-10-12(15)6-3/h4-5,8H,2,6-7,9-10,14H2,1,3H3/b8-4-,13-11-. The SMILES string of the molecule is C=C/C(CCCC(=O)CC)=C(N)\C=C/C. The Morgan fingerprint density at radius 2 is 2.07 bits per heavy atom. The fourth-order valence-corrected chi connectivity index (χ4v) is 1.30. The van der Waals surface area contributed by atoms with Gasteiger partial charge >= 0.3 is 0 Å². The highest BCUT2D eigenvalue weighted by atomic mass is 16.1. The monoisotopic (exact) mass is 207 g/mol. The molecule has 2 N–H and O–H groups in total. The van der Waals surface area contributed by atoms with Crippen LogP contribution in [0.1, 0.15) is 39.5 Å². The van der Waals surface area contributed by atoms with Gasteiger partial charge in [-0.2, -0.15) is 0 Å². The van der Waals surface area contributed by atoms with Crippen molar-refractivity contribution in [2.75, 3.05) is 0 Å². The predicted octanol–water partition coefficient (Wildman–Crippen LogP) is 3.11. The molecule has 0 spiro atoms. The van der Waals surface area contributed by atoms with E-state index in [2.05, 4.69) is 6.58 Å². The van der Waals surface area contributed by atoms with Crippen LogP contribution in [0.3, 0.4) is 0 Å². The molecule has 0 fully saturated rings. The van der Waals surface area contributed by atoms with Gasteiger partial charge in [0.1, 0.15) is 5.78 Å².